The number of aliphatic carboxylic acids is 1. The van der Waals surface area contributed by atoms with Gasteiger partial charge in [0.05, 0.1) is 10.8 Å². The van der Waals surface area contributed by atoms with Crippen molar-refractivity contribution in [2.24, 2.45) is 0 Å². The molecule has 1 unspecified atom stereocenters. The molecule has 0 saturated heterocycles. The third-order valence-electron chi connectivity index (χ3n) is 1.58. The Morgan fingerprint density at radius 2 is 2.00 bits per heavy atom. The fraction of sp³-hybridized carbons (Fsp3) is 0.222. The molecule has 0 bridgehead atoms. The molecule has 1 atom stereocenters. The van der Waals surface area contributed by atoms with Gasteiger partial charge >= 0.3 is 0 Å². The van der Waals surface area contributed by atoms with Crippen molar-refractivity contribution in [2.45, 2.75) is 11.2 Å². The number of hydrogen-bond donors (Lipinski definition) is 0. The summed E-state index contributed by atoms with van der Waals surface area (Å²) < 4.78 is 12.4. The normalized spacial score (nSPS) is 12.5. The van der Waals surface area contributed by atoms with Crippen LogP contribution in [0.1, 0.15) is 5.56 Å². The van der Waals surface area contributed by atoms with Gasteiger partial charge in [0.15, 0.2) is 0 Å². The Hall–Kier alpha value is -0.900. The van der Waals surface area contributed by atoms with Crippen molar-refractivity contribution >= 4 is 21.9 Å². The van der Waals surface area contributed by atoms with Crippen molar-refractivity contribution in [1.29, 1.82) is 0 Å². The Balaban J connectivity index is 2.64. The molecule has 0 aromatic heterocycles. The largest absolute Gasteiger partial charge is 0.549 e. The quantitative estimate of drug-likeness (QED) is 0.743. The molecule has 1 rings (SSSR count). The van der Waals surface area contributed by atoms with Gasteiger partial charge in [0.2, 0.25) is 0 Å². The molecule has 4 heteroatoms. The van der Waals surface area contributed by atoms with E-state index in [1.54, 1.807) is 12.1 Å². The highest BCUT2D eigenvalue weighted by atomic mass is 79.9. The molecule has 0 N–H and O–H groups in total. The van der Waals surface area contributed by atoms with E-state index in [-0.39, 0.29) is 5.82 Å². The minimum absolute atomic E-state index is 0.294. The smallest absolute Gasteiger partial charge is 0.123 e. The van der Waals surface area contributed by atoms with E-state index in [4.69, 9.17) is 0 Å². The number of carboxylic acids is 1. The van der Waals surface area contributed by atoms with E-state index >= 15 is 0 Å². The van der Waals surface area contributed by atoms with Gasteiger partial charge in [-0.15, -0.1) is 0 Å². The first-order valence-corrected chi connectivity index (χ1v) is 4.60. The number of carbonyl (C=O) groups is 1. The van der Waals surface area contributed by atoms with Crippen LogP contribution < -0.4 is 5.11 Å². The zero-order chi connectivity index (χ0) is 9.84. The number of carbonyl (C=O) groups excluding carboxylic acids is 1. The van der Waals surface area contributed by atoms with Crippen LogP contribution in [0.3, 0.4) is 0 Å². The Labute approximate surface area is 83.5 Å². The first-order valence-electron chi connectivity index (χ1n) is 3.69. The van der Waals surface area contributed by atoms with E-state index in [0.29, 0.717) is 6.42 Å². The molecule has 0 heterocycles. The van der Waals surface area contributed by atoms with Gasteiger partial charge in [0.1, 0.15) is 5.82 Å². The maximum absolute atomic E-state index is 12.4. The van der Waals surface area contributed by atoms with Crippen LogP contribution in [0.25, 0.3) is 0 Å². The van der Waals surface area contributed by atoms with Crippen molar-refractivity contribution in [1.82, 2.24) is 0 Å². The summed E-state index contributed by atoms with van der Waals surface area (Å²) in [5.74, 6) is -1.49. The molecule has 0 radical (unpaired) electrons. The van der Waals surface area contributed by atoms with Gasteiger partial charge in [-0.2, -0.15) is 0 Å². The van der Waals surface area contributed by atoms with E-state index in [0.717, 1.165) is 5.56 Å². The number of rotatable bonds is 3. The predicted octanol–water partition coefficient (Wildman–Crippen LogP) is 0.882. The highest BCUT2D eigenvalue weighted by Gasteiger charge is 2.05. The van der Waals surface area contributed by atoms with Crippen LogP contribution in [-0.4, -0.2) is 10.8 Å². The maximum Gasteiger partial charge on any atom is 0.123 e. The van der Waals surface area contributed by atoms with Crippen LogP contribution in [0, 0.1) is 5.82 Å². The van der Waals surface area contributed by atoms with Crippen LogP contribution in [0.4, 0.5) is 4.39 Å². The summed E-state index contributed by atoms with van der Waals surface area (Å²) in [5, 5.41) is 10.3. The lowest BCUT2D eigenvalue weighted by molar-refractivity contribution is -0.304. The van der Waals surface area contributed by atoms with E-state index in [9.17, 15) is 14.3 Å². The fourth-order valence-electron chi connectivity index (χ4n) is 0.911. The van der Waals surface area contributed by atoms with Crippen LogP contribution >= 0.6 is 15.9 Å². The van der Waals surface area contributed by atoms with Crippen molar-refractivity contribution in [2.75, 3.05) is 0 Å². The summed E-state index contributed by atoms with van der Waals surface area (Å²) >= 11 is 2.94. The van der Waals surface area contributed by atoms with E-state index in [2.05, 4.69) is 15.9 Å². The van der Waals surface area contributed by atoms with Gasteiger partial charge in [0, 0.05) is 0 Å². The lowest BCUT2D eigenvalue weighted by Crippen LogP contribution is -2.32. The average molecular weight is 246 g/mol. The highest BCUT2D eigenvalue weighted by Crippen LogP contribution is 2.10. The molecule has 0 aliphatic rings. The molecular formula is C9H7BrFO2-. The second-order valence-corrected chi connectivity index (χ2v) is 3.72. The number of hydrogen-bond acceptors (Lipinski definition) is 2. The zero-order valence-electron chi connectivity index (χ0n) is 6.67. The monoisotopic (exact) mass is 245 g/mol. The highest BCUT2D eigenvalue weighted by molar-refractivity contribution is 9.10. The molecule has 13 heavy (non-hydrogen) atoms. The summed E-state index contributed by atoms with van der Waals surface area (Å²) in [6, 6.07) is 5.69. The van der Waals surface area contributed by atoms with Gasteiger partial charge in [-0.3, -0.25) is 0 Å². The minimum Gasteiger partial charge on any atom is -0.549 e. The Kier molecular flexibility index (Phi) is 3.42. The van der Waals surface area contributed by atoms with Crippen LogP contribution in [0.5, 0.6) is 0 Å². The molecule has 2 nitrogen and oxygen atoms in total. The Morgan fingerprint density at radius 1 is 1.46 bits per heavy atom. The summed E-state index contributed by atoms with van der Waals surface area (Å²) in [4.78, 5) is 9.61. The molecule has 70 valence electrons. The average Bonchev–Trinajstić information content (AvgIpc) is 2.08. The molecule has 0 saturated carbocycles. The van der Waals surface area contributed by atoms with Gasteiger partial charge in [0.25, 0.3) is 0 Å². The molecule has 0 aliphatic carbocycles. The molecular weight excluding hydrogens is 239 g/mol. The third kappa shape index (κ3) is 3.14. The Morgan fingerprint density at radius 3 is 2.46 bits per heavy atom. The van der Waals surface area contributed by atoms with E-state index < -0.39 is 10.8 Å². The van der Waals surface area contributed by atoms with E-state index in [1.807, 2.05) is 0 Å². The number of halogens is 2. The zero-order valence-corrected chi connectivity index (χ0v) is 8.25. The maximum atomic E-state index is 12.4. The summed E-state index contributed by atoms with van der Waals surface area (Å²) in [6.45, 7) is 0. The van der Waals surface area contributed by atoms with Gasteiger partial charge in [-0.25, -0.2) is 4.39 Å². The number of benzene rings is 1. The lowest BCUT2D eigenvalue weighted by atomic mass is 10.1. The van der Waals surface area contributed by atoms with Crippen molar-refractivity contribution in [3.63, 3.8) is 0 Å². The van der Waals surface area contributed by atoms with Crippen LogP contribution in [0.15, 0.2) is 24.3 Å². The first kappa shape index (κ1) is 10.2. The Bertz CT molecular complexity index is 297. The minimum atomic E-state index is -1.16. The molecule has 0 fully saturated rings. The fourth-order valence-corrected chi connectivity index (χ4v) is 1.28. The lowest BCUT2D eigenvalue weighted by Gasteiger charge is -2.09. The van der Waals surface area contributed by atoms with Crippen molar-refractivity contribution in [3.8, 4) is 0 Å². The van der Waals surface area contributed by atoms with Gasteiger partial charge < -0.3 is 9.90 Å². The van der Waals surface area contributed by atoms with Gasteiger partial charge in [-0.1, -0.05) is 28.1 Å². The third-order valence-corrected chi connectivity index (χ3v) is 2.28. The SMILES string of the molecule is O=C([O-])C(Br)Cc1ccc(F)cc1. The van der Waals surface area contributed by atoms with Crippen molar-refractivity contribution < 1.29 is 14.3 Å². The van der Waals surface area contributed by atoms with E-state index in [1.165, 1.54) is 12.1 Å². The second kappa shape index (κ2) is 4.37. The summed E-state index contributed by atoms with van der Waals surface area (Å²) in [5.41, 5.74) is 0.757. The number of alkyl halides is 1. The standard InChI is InChI=1S/C9H8BrFO2/c10-8(9(12)13)5-6-1-3-7(11)4-2-6/h1-4,8H,5H2,(H,12,13)/p-1. The topological polar surface area (TPSA) is 40.1 Å². The molecule has 1 aromatic rings. The summed E-state index contributed by atoms with van der Waals surface area (Å²) in [6.07, 6.45) is 0.294. The molecule has 0 amide bonds. The predicted molar refractivity (Wildman–Crippen MR) is 47.8 cm³/mol. The second-order valence-electron chi connectivity index (χ2n) is 2.62. The summed E-state index contributed by atoms with van der Waals surface area (Å²) in [7, 11) is 0. The van der Waals surface area contributed by atoms with Crippen LogP contribution in [0.2, 0.25) is 0 Å². The molecule has 1 aromatic carbocycles. The van der Waals surface area contributed by atoms with Crippen molar-refractivity contribution in [3.05, 3.63) is 35.6 Å². The molecule has 0 spiro atoms. The van der Waals surface area contributed by atoms with Gasteiger partial charge in [-0.05, 0) is 24.1 Å². The number of carboxylic acid groups (broad SMARTS) is 1. The first-order chi connectivity index (χ1) is 6.09. The van der Waals surface area contributed by atoms with Crippen LogP contribution in [-0.2, 0) is 11.2 Å². The molecule has 0 aliphatic heterocycles.